The molecule has 3 rings (SSSR count). The Morgan fingerprint density at radius 1 is 1.35 bits per heavy atom. The molecule has 9 heteroatoms. The standard InChI is InChI=1S/C22H32N6O2S/c1-14-5-4-6-16-20(14)26-19(27-21(16)29)13-31-15-9-11-28(12-10-15)22(30)17(23)7-2-3-8-18(24)25/h4-6,15,17H,2-3,7-13,23H2,1H3,(H3,24,25)(H,26,27,29)/t17-/m1/s1. The fourth-order valence-corrected chi connectivity index (χ4v) is 4.97. The largest absolute Gasteiger partial charge is 0.388 e. The second kappa shape index (κ2) is 10.8. The third-order valence-corrected chi connectivity index (χ3v) is 7.11. The van der Waals surface area contributed by atoms with Crippen LogP contribution in [0, 0.1) is 12.3 Å². The van der Waals surface area contributed by atoms with Gasteiger partial charge in [0.05, 0.1) is 28.5 Å². The van der Waals surface area contributed by atoms with E-state index in [1.54, 1.807) is 17.8 Å². The highest BCUT2D eigenvalue weighted by Crippen LogP contribution is 2.26. The van der Waals surface area contributed by atoms with Crippen molar-refractivity contribution in [1.82, 2.24) is 14.9 Å². The lowest BCUT2D eigenvalue weighted by Gasteiger charge is -2.33. The fourth-order valence-electron chi connectivity index (χ4n) is 3.90. The van der Waals surface area contributed by atoms with E-state index in [-0.39, 0.29) is 17.3 Å². The average Bonchev–Trinajstić information content (AvgIpc) is 2.75. The van der Waals surface area contributed by atoms with E-state index in [9.17, 15) is 9.59 Å². The number of piperidine rings is 1. The number of rotatable bonds is 9. The summed E-state index contributed by atoms with van der Waals surface area (Å²) in [6.45, 7) is 3.38. The van der Waals surface area contributed by atoms with E-state index in [4.69, 9.17) is 16.9 Å². The zero-order valence-corrected chi connectivity index (χ0v) is 18.8. The Morgan fingerprint density at radius 3 is 2.81 bits per heavy atom. The van der Waals surface area contributed by atoms with Crippen molar-refractivity contribution in [3.05, 3.63) is 39.9 Å². The van der Waals surface area contributed by atoms with Crippen molar-refractivity contribution < 1.29 is 4.79 Å². The van der Waals surface area contributed by atoms with Crippen LogP contribution in [0.3, 0.4) is 0 Å². The summed E-state index contributed by atoms with van der Waals surface area (Å²) in [6, 6.07) is 5.15. The first kappa shape index (κ1) is 23.3. The number of para-hydroxylation sites is 1. The molecule has 1 atom stereocenters. The molecule has 2 aromatic rings. The minimum absolute atomic E-state index is 0.0160. The Balaban J connectivity index is 1.45. The zero-order valence-electron chi connectivity index (χ0n) is 18.0. The van der Waals surface area contributed by atoms with E-state index in [1.165, 1.54) is 0 Å². The molecule has 0 spiro atoms. The van der Waals surface area contributed by atoms with Gasteiger partial charge in [-0.15, -0.1) is 0 Å². The average molecular weight is 445 g/mol. The van der Waals surface area contributed by atoms with Crippen LogP contribution in [0.2, 0.25) is 0 Å². The van der Waals surface area contributed by atoms with E-state index in [0.29, 0.717) is 48.1 Å². The third-order valence-electron chi connectivity index (χ3n) is 5.72. The van der Waals surface area contributed by atoms with Gasteiger partial charge in [-0.3, -0.25) is 15.0 Å². The molecule has 1 aliphatic rings. The first-order chi connectivity index (χ1) is 14.8. The molecule has 1 aromatic heterocycles. The molecule has 1 aliphatic heterocycles. The number of nitrogens with two attached hydrogens (primary N) is 2. The summed E-state index contributed by atoms with van der Waals surface area (Å²) in [5.74, 6) is 1.54. The van der Waals surface area contributed by atoms with Crippen LogP contribution < -0.4 is 17.0 Å². The van der Waals surface area contributed by atoms with Gasteiger partial charge in [0.25, 0.3) is 5.56 Å². The number of benzene rings is 1. The zero-order chi connectivity index (χ0) is 22.4. The van der Waals surface area contributed by atoms with Crippen molar-refractivity contribution in [3.8, 4) is 0 Å². The monoisotopic (exact) mass is 444 g/mol. The molecule has 168 valence electrons. The predicted octanol–water partition coefficient (Wildman–Crippen LogP) is 2.28. The Bertz CT molecular complexity index is 984. The Labute approximate surface area is 186 Å². The molecule has 1 fully saturated rings. The summed E-state index contributed by atoms with van der Waals surface area (Å²) in [6.07, 6.45) is 4.59. The molecule has 0 unspecified atom stereocenters. The number of unbranched alkanes of at least 4 members (excludes halogenated alkanes) is 1. The van der Waals surface area contributed by atoms with Crippen LogP contribution in [0.5, 0.6) is 0 Å². The van der Waals surface area contributed by atoms with E-state index in [0.717, 1.165) is 36.8 Å². The molecule has 8 nitrogen and oxygen atoms in total. The van der Waals surface area contributed by atoms with Crippen molar-refractivity contribution >= 4 is 34.4 Å². The van der Waals surface area contributed by atoms with Gasteiger partial charge in [-0.1, -0.05) is 18.6 Å². The molecule has 0 saturated carbocycles. The number of hydrogen-bond acceptors (Lipinski definition) is 6. The molecule has 0 aliphatic carbocycles. The number of hydrogen-bond donors (Lipinski definition) is 4. The van der Waals surface area contributed by atoms with Crippen molar-refractivity contribution in [2.75, 3.05) is 13.1 Å². The molecule has 0 radical (unpaired) electrons. The van der Waals surface area contributed by atoms with E-state index >= 15 is 0 Å². The molecule has 2 heterocycles. The highest BCUT2D eigenvalue weighted by molar-refractivity contribution is 7.99. The van der Waals surface area contributed by atoms with Crippen LogP contribution in [0.1, 0.15) is 49.9 Å². The summed E-state index contributed by atoms with van der Waals surface area (Å²) >= 11 is 1.78. The summed E-state index contributed by atoms with van der Waals surface area (Å²) in [5.41, 5.74) is 13.1. The maximum absolute atomic E-state index is 12.6. The number of aromatic nitrogens is 2. The van der Waals surface area contributed by atoms with Gasteiger partial charge in [-0.05, 0) is 44.2 Å². The summed E-state index contributed by atoms with van der Waals surface area (Å²) in [5, 5.41) is 8.28. The lowest BCUT2D eigenvalue weighted by atomic mass is 10.1. The highest BCUT2D eigenvalue weighted by Gasteiger charge is 2.26. The van der Waals surface area contributed by atoms with Gasteiger partial charge in [0.1, 0.15) is 5.82 Å². The lowest BCUT2D eigenvalue weighted by molar-refractivity contribution is -0.133. The van der Waals surface area contributed by atoms with Gasteiger partial charge in [0, 0.05) is 24.8 Å². The number of thioether (sulfide) groups is 1. The molecule has 6 N–H and O–H groups in total. The van der Waals surface area contributed by atoms with Gasteiger partial charge in [-0.25, -0.2) is 4.98 Å². The minimum Gasteiger partial charge on any atom is -0.388 e. The number of aryl methyl sites for hydroxylation is 1. The van der Waals surface area contributed by atoms with Gasteiger partial charge in [0.15, 0.2) is 0 Å². The number of fused-ring (bicyclic) bond motifs is 1. The van der Waals surface area contributed by atoms with Gasteiger partial charge in [0.2, 0.25) is 5.91 Å². The van der Waals surface area contributed by atoms with Gasteiger partial charge >= 0.3 is 0 Å². The lowest BCUT2D eigenvalue weighted by Crippen LogP contribution is -2.47. The van der Waals surface area contributed by atoms with Crippen LogP contribution in [-0.2, 0) is 10.5 Å². The van der Waals surface area contributed by atoms with Gasteiger partial charge < -0.3 is 21.4 Å². The molecule has 1 aromatic carbocycles. The van der Waals surface area contributed by atoms with Crippen LogP contribution in [0.4, 0.5) is 0 Å². The topological polar surface area (TPSA) is 142 Å². The van der Waals surface area contributed by atoms with Crippen LogP contribution in [0.25, 0.3) is 10.9 Å². The van der Waals surface area contributed by atoms with E-state index in [1.807, 2.05) is 24.0 Å². The Hall–Kier alpha value is -2.39. The normalized spacial score (nSPS) is 15.9. The number of H-pyrrole nitrogens is 1. The number of carbonyl (C=O) groups excluding carboxylic acids is 1. The molecular formula is C22H32N6O2S. The van der Waals surface area contributed by atoms with E-state index < -0.39 is 6.04 Å². The maximum atomic E-state index is 12.6. The number of aromatic amines is 1. The predicted molar refractivity (Wildman–Crippen MR) is 126 cm³/mol. The number of carbonyl (C=O) groups is 1. The fraction of sp³-hybridized carbons (Fsp3) is 0.545. The second-order valence-corrected chi connectivity index (χ2v) is 9.49. The third kappa shape index (κ3) is 6.30. The van der Waals surface area contributed by atoms with Crippen LogP contribution >= 0.6 is 11.8 Å². The smallest absolute Gasteiger partial charge is 0.258 e. The minimum atomic E-state index is -0.480. The highest BCUT2D eigenvalue weighted by atomic mass is 32.2. The van der Waals surface area contributed by atoms with Crippen molar-refractivity contribution in [1.29, 1.82) is 5.41 Å². The number of amidine groups is 1. The summed E-state index contributed by atoms with van der Waals surface area (Å²) in [4.78, 5) is 34.3. The quantitative estimate of drug-likeness (QED) is 0.265. The Kier molecular flexibility index (Phi) is 8.09. The van der Waals surface area contributed by atoms with Crippen molar-refractivity contribution in [2.45, 2.75) is 62.5 Å². The molecule has 31 heavy (non-hydrogen) atoms. The summed E-state index contributed by atoms with van der Waals surface area (Å²) in [7, 11) is 0. The number of likely N-dealkylation sites (tertiary alicyclic amines) is 1. The first-order valence-corrected chi connectivity index (χ1v) is 11.9. The summed E-state index contributed by atoms with van der Waals surface area (Å²) < 4.78 is 0. The SMILES string of the molecule is Cc1cccc2c(=O)[nH]c(CSC3CCN(C(=O)[C@H](N)CCCCC(=N)N)CC3)nc12. The Morgan fingerprint density at radius 2 is 2.10 bits per heavy atom. The molecular weight excluding hydrogens is 412 g/mol. The van der Waals surface area contributed by atoms with Crippen LogP contribution in [-0.4, -0.2) is 51.0 Å². The maximum Gasteiger partial charge on any atom is 0.258 e. The first-order valence-electron chi connectivity index (χ1n) is 10.8. The van der Waals surface area contributed by atoms with Crippen molar-refractivity contribution in [3.63, 3.8) is 0 Å². The van der Waals surface area contributed by atoms with E-state index in [2.05, 4.69) is 9.97 Å². The number of amides is 1. The number of nitrogens with zero attached hydrogens (tertiary/aromatic N) is 2. The van der Waals surface area contributed by atoms with Crippen molar-refractivity contribution in [2.24, 2.45) is 11.5 Å². The molecule has 1 amide bonds. The van der Waals surface area contributed by atoms with Gasteiger partial charge in [-0.2, -0.15) is 11.8 Å². The molecule has 1 saturated heterocycles. The van der Waals surface area contributed by atoms with Crippen LogP contribution in [0.15, 0.2) is 23.0 Å². The number of nitrogens with one attached hydrogen (secondary N) is 2. The molecule has 0 bridgehead atoms. The second-order valence-electron chi connectivity index (χ2n) is 8.20.